The average Bonchev–Trinajstić information content (AvgIpc) is 2.52. The smallest absolute Gasteiger partial charge is 0.221 e. The maximum atomic E-state index is 10.4. The number of benzene rings is 1. The molecule has 5 heteroatoms. The van der Waals surface area contributed by atoms with Gasteiger partial charge in [0, 0.05) is 19.3 Å². The van der Waals surface area contributed by atoms with E-state index in [4.69, 9.17) is 5.73 Å². The van der Waals surface area contributed by atoms with E-state index in [1.807, 2.05) is 18.2 Å². The summed E-state index contributed by atoms with van der Waals surface area (Å²) < 4.78 is 0. The molecule has 2 N–H and O–H groups in total. The summed E-state index contributed by atoms with van der Waals surface area (Å²) in [6.07, 6.45) is 5.73. The topological polar surface area (TPSA) is 72.1 Å². The lowest BCUT2D eigenvalue weighted by Gasteiger charge is -2.31. The molecule has 1 heterocycles. The monoisotopic (exact) mass is 324 g/mol. The van der Waals surface area contributed by atoms with Crippen LogP contribution in [0.2, 0.25) is 0 Å². The molecule has 1 aromatic heterocycles. The summed E-state index contributed by atoms with van der Waals surface area (Å²) in [6.45, 7) is 8.15. The van der Waals surface area contributed by atoms with Gasteiger partial charge in [-0.1, -0.05) is 51.1 Å². The normalized spacial score (nSPS) is 11.6. The van der Waals surface area contributed by atoms with Gasteiger partial charge in [-0.25, -0.2) is 4.98 Å². The Hall–Kier alpha value is -2.69. The van der Waals surface area contributed by atoms with Gasteiger partial charge in [0.05, 0.1) is 0 Å². The quantitative estimate of drug-likeness (QED) is 0.652. The lowest BCUT2D eigenvalue weighted by atomic mass is 9.95. The fourth-order valence-electron chi connectivity index (χ4n) is 2.44. The molecule has 0 saturated carbocycles. The highest BCUT2D eigenvalue weighted by molar-refractivity contribution is 5.73. The van der Waals surface area contributed by atoms with Crippen LogP contribution in [0, 0.1) is 5.41 Å². The summed E-state index contributed by atoms with van der Waals surface area (Å²) in [5.41, 5.74) is 8.02. The summed E-state index contributed by atoms with van der Waals surface area (Å²) in [7, 11) is 0. The highest BCUT2D eigenvalue weighted by Gasteiger charge is 2.18. The maximum absolute atomic E-state index is 10.4. The van der Waals surface area contributed by atoms with E-state index in [1.165, 1.54) is 11.6 Å². The molecule has 0 saturated heterocycles. The number of nitrogen functional groups attached to an aromatic ring is 1. The molecule has 126 valence electrons. The molecule has 1 aromatic carbocycles. The van der Waals surface area contributed by atoms with Gasteiger partial charge in [0.15, 0.2) is 0 Å². The Balaban J connectivity index is 2.21. The number of hydrogen-bond acceptors (Lipinski definition) is 5. The first kappa shape index (κ1) is 17.7. The van der Waals surface area contributed by atoms with Gasteiger partial charge in [0.25, 0.3) is 0 Å². The van der Waals surface area contributed by atoms with Crippen LogP contribution in [0.1, 0.15) is 31.9 Å². The van der Waals surface area contributed by atoms with Crippen LogP contribution in [-0.4, -0.2) is 22.8 Å². The highest BCUT2D eigenvalue weighted by atomic mass is 16.1. The zero-order valence-corrected chi connectivity index (χ0v) is 14.4. The molecular weight excluding hydrogens is 300 g/mol. The van der Waals surface area contributed by atoms with Crippen LogP contribution < -0.4 is 10.6 Å². The Kier molecular flexibility index (Phi) is 5.68. The van der Waals surface area contributed by atoms with E-state index in [1.54, 1.807) is 12.3 Å². The molecule has 0 fully saturated rings. The Morgan fingerprint density at radius 2 is 1.88 bits per heavy atom. The molecule has 0 aliphatic rings. The van der Waals surface area contributed by atoms with E-state index >= 15 is 0 Å². The third-order valence-corrected chi connectivity index (χ3v) is 3.37. The Morgan fingerprint density at radius 3 is 2.46 bits per heavy atom. The molecule has 0 atom stereocenters. The largest absolute Gasteiger partial charge is 0.368 e. The lowest BCUT2D eigenvalue weighted by molar-refractivity contribution is -0.104. The molecule has 5 nitrogen and oxygen atoms in total. The minimum Gasteiger partial charge on any atom is -0.368 e. The van der Waals surface area contributed by atoms with E-state index in [0.717, 1.165) is 30.8 Å². The molecule has 2 aromatic rings. The maximum Gasteiger partial charge on any atom is 0.221 e. The van der Waals surface area contributed by atoms with Crippen LogP contribution in [-0.2, 0) is 11.3 Å². The van der Waals surface area contributed by atoms with Crippen molar-refractivity contribution in [3.8, 4) is 0 Å². The Labute approximate surface area is 143 Å². The van der Waals surface area contributed by atoms with E-state index in [0.29, 0.717) is 0 Å². The summed E-state index contributed by atoms with van der Waals surface area (Å²) in [6, 6.07) is 10.00. The van der Waals surface area contributed by atoms with Crippen LogP contribution in [0.15, 0.2) is 42.6 Å². The van der Waals surface area contributed by atoms with Gasteiger partial charge in [-0.05, 0) is 28.7 Å². The van der Waals surface area contributed by atoms with Crippen molar-refractivity contribution in [3.05, 3.63) is 53.7 Å². The summed E-state index contributed by atoms with van der Waals surface area (Å²) in [5.74, 6) is 1.10. The van der Waals surface area contributed by atoms with Crippen molar-refractivity contribution in [2.45, 2.75) is 27.3 Å². The first-order chi connectivity index (χ1) is 11.4. The number of aromatic nitrogens is 2. The highest BCUT2D eigenvalue weighted by Crippen LogP contribution is 2.22. The van der Waals surface area contributed by atoms with Gasteiger partial charge in [0.1, 0.15) is 12.1 Å². The summed E-state index contributed by atoms with van der Waals surface area (Å²) in [5, 5.41) is 0. The Bertz CT molecular complexity index is 702. The van der Waals surface area contributed by atoms with Crippen LogP contribution >= 0.6 is 0 Å². The third kappa shape index (κ3) is 5.50. The van der Waals surface area contributed by atoms with Crippen molar-refractivity contribution in [1.29, 1.82) is 0 Å². The molecule has 0 spiro atoms. The van der Waals surface area contributed by atoms with Crippen molar-refractivity contribution >= 4 is 24.1 Å². The second-order valence-electron chi connectivity index (χ2n) is 6.93. The number of nitrogens with zero attached hydrogens (tertiary/aromatic N) is 3. The van der Waals surface area contributed by atoms with Crippen LogP contribution in [0.5, 0.6) is 0 Å². The lowest BCUT2D eigenvalue weighted by Crippen LogP contribution is -2.33. The van der Waals surface area contributed by atoms with E-state index < -0.39 is 0 Å². The molecule has 0 aliphatic carbocycles. The molecule has 0 aliphatic heterocycles. The van der Waals surface area contributed by atoms with Crippen molar-refractivity contribution in [3.63, 3.8) is 0 Å². The minimum absolute atomic E-state index is 0.117. The van der Waals surface area contributed by atoms with E-state index in [9.17, 15) is 4.79 Å². The van der Waals surface area contributed by atoms with Crippen LogP contribution in [0.4, 0.5) is 11.8 Å². The zero-order valence-electron chi connectivity index (χ0n) is 14.4. The first-order valence-electron chi connectivity index (χ1n) is 7.92. The molecule has 0 bridgehead atoms. The number of hydrogen-bond donors (Lipinski definition) is 1. The van der Waals surface area contributed by atoms with Crippen molar-refractivity contribution in [2.75, 3.05) is 17.2 Å². The zero-order chi connectivity index (χ0) is 17.6. The SMILES string of the molecule is CC(C)(C)CN(Cc1ccc(/C=C/C=O)cc1)c1ccnc(N)n1. The van der Waals surface area contributed by atoms with Crippen LogP contribution in [0.3, 0.4) is 0 Å². The van der Waals surface area contributed by atoms with Crippen molar-refractivity contribution in [2.24, 2.45) is 5.41 Å². The second kappa shape index (κ2) is 7.73. The summed E-state index contributed by atoms with van der Waals surface area (Å²) >= 11 is 0. The van der Waals surface area contributed by atoms with Gasteiger partial charge in [-0.15, -0.1) is 0 Å². The number of aldehydes is 1. The standard InChI is InChI=1S/C19H24N4O/c1-19(2,3)14-23(17-10-11-21-18(20)22-17)13-16-8-6-15(7-9-16)5-4-12-24/h4-12H,13-14H2,1-3H3,(H2,20,21,22)/b5-4+. The van der Waals surface area contributed by atoms with Gasteiger partial charge < -0.3 is 10.6 Å². The molecule has 0 unspecified atom stereocenters. The predicted octanol–water partition coefficient (Wildman–Crippen LogP) is 3.32. The fraction of sp³-hybridized carbons (Fsp3) is 0.316. The number of carbonyl (C=O) groups excluding carboxylic acids is 1. The average molecular weight is 324 g/mol. The summed E-state index contributed by atoms with van der Waals surface area (Å²) in [4.78, 5) is 20.9. The van der Waals surface area contributed by atoms with E-state index in [-0.39, 0.29) is 11.4 Å². The van der Waals surface area contributed by atoms with Gasteiger partial charge in [0.2, 0.25) is 5.95 Å². The van der Waals surface area contributed by atoms with E-state index in [2.05, 4.69) is 47.8 Å². The van der Waals surface area contributed by atoms with Crippen LogP contribution in [0.25, 0.3) is 6.08 Å². The molecule has 2 rings (SSSR count). The molecule has 24 heavy (non-hydrogen) atoms. The second-order valence-corrected chi connectivity index (χ2v) is 6.93. The predicted molar refractivity (Wildman–Crippen MR) is 98.5 cm³/mol. The van der Waals surface area contributed by atoms with Gasteiger partial charge in [-0.2, -0.15) is 4.98 Å². The number of nitrogens with two attached hydrogens (primary N) is 1. The third-order valence-electron chi connectivity index (χ3n) is 3.37. The fourth-order valence-corrected chi connectivity index (χ4v) is 2.44. The van der Waals surface area contributed by atoms with Gasteiger partial charge in [-0.3, -0.25) is 4.79 Å². The minimum atomic E-state index is 0.117. The Morgan fingerprint density at radius 1 is 1.17 bits per heavy atom. The van der Waals surface area contributed by atoms with Crippen molar-refractivity contribution < 1.29 is 4.79 Å². The first-order valence-corrected chi connectivity index (χ1v) is 7.92. The van der Waals surface area contributed by atoms with Crippen molar-refractivity contribution in [1.82, 2.24) is 9.97 Å². The molecule has 0 radical (unpaired) electrons. The molecule has 0 amide bonds. The molecular formula is C19H24N4O. The number of carbonyl (C=O) groups is 1. The number of allylic oxidation sites excluding steroid dienone is 1. The number of rotatable bonds is 6. The number of anilines is 2. The van der Waals surface area contributed by atoms with Gasteiger partial charge >= 0.3 is 0 Å².